The summed E-state index contributed by atoms with van der Waals surface area (Å²) in [7, 11) is 0. The smallest absolute Gasteiger partial charge is 0.326 e. The lowest BCUT2D eigenvalue weighted by atomic mass is 10.1. The van der Waals surface area contributed by atoms with Gasteiger partial charge < -0.3 is 10.4 Å². The van der Waals surface area contributed by atoms with Gasteiger partial charge in [-0.15, -0.1) is 11.3 Å². The highest BCUT2D eigenvalue weighted by atomic mass is 32.1. The standard InChI is InChI=1S/C17H20N2O3S/c1-12-11-23-16(18-12)9-5-8-15(20)19-14(17(21)22)10-13-6-3-2-4-7-13/h2-4,6-7,11,14H,5,8-10H2,1H3,(H,19,20)(H,21,22)/t14-/m1/s1. The van der Waals surface area contributed by atoms with Gasteiger partial charge in [0.1, 0.15) is 6.04 Å². The monoisotopic (exact) mass is 332 g/mol. The zero-order chi connectivity index (χ0) is 16.7. The second kappa shape index (κ2) is 8.43. The van der Waals surface area contributed by atoms with Gasteiger partial charge in [0.05, 0.1) is 5.01 Å². The third kappa shape index (κ3) is 5.83. The van der Waals surface area contributed by atoms with Crippen molar-refractivity contribution in [2.24, 2.45) is 0 Å². The third-order valence-corrected chi connectivity index (χ3v) is 4.40. The SMILES string of the molecule is Cc1csc(CCCC(=O)N[C@H](Cc2ccccc2)C(=O)O)n1. The number of thiazole rings is 1. The summed E-state index contributed by atoms with van der Waals surface area (Å²) in [6.45, 7) is 1.94. The van der Waals surface area contributed by atoms with E-state index in [4.69, 9.17) is 0 Å². The van der Waals surface area contributed by atoms with Crippen LogP contribution in [0.4, 0.5) is 0 Å². The fourth-order valence-electron chi connectivity index (χ4n) is 2.23. The molecule has 0 fully saturated rings. The summed E-state index contributed by atoms with van der Waals surface area (Å²) in [5, 5.41) is 14.9. The Morgan fingerprint density at radius 1 is 1.30 bits per heavy atom. The number of amides is 1. The van der Waals surface area contributed by atoms with Gasteiger partial charge in [0.2, 0.25) is 5.91 Å². The van der Waals surface area contributed by atoms with E-state index in [9.17, 15) is 14.7 Å². The summed E-state index contributed by atoms with van der Waals surface area (Å²) in [6, 6.07) is 8.39. The number of aromatic nitrogens is 1. The van der Waals surface area contributed by atoms with Crippen molar-refractivity contribution in [2.75, 3.05) is 0 Å². The molecular formula is C17H20N2O3S. The van der Waals surface area contributed by atoms with Gasteiger partial charge >= 0.3 is 5.97 Å². The van der Waals surface area contributed by atoms with Crippen LogP contribution in [-0.4, -0.2) is 28.0 Å². The minimum atomic E-state index is -1.02. The van der Waals surface area contributed by atoms with E-state index in [1.54, 1.807) is 11.3 Å². The Bertz CT molecular complexity index is 655. The van der Waals surface area contributed by atoms with Crippen LogP contribution in [0, 0.1) is 6.92 Å². The Labute approximate surface area is 139 Å². The topological polar surface area (TPSA) is 79.3 Å². The highest BCUT2D eigenvalue weighted by molar-refractivity contribution is 7.09. The predicted molar refractivity (Wildman–Crippen MR) is 89.5 cm³/mol. The Morgan fingerprint density at radius 2 is 2.04 bits per heavy atom. The van der Waals surface area contributed by atoms with Crippen LogP contribution in [-0.2, 0) is 22.4 Å². The number of nitrogens with one attached hydrogen (secondary N) is 1. The molecular weight excluding hydrogens is 312 g/mol. The number of aryl methyl sites for hydroxylation is 2. The molecule has 0 saturated carbocycles. The number of carboxylic acids is 1. The van der Waals surface area contributed by atoms with E-state index < -0.39 is 12.0 Å². The zero-order valence-corrected chi connectivity index (χ0v) is 13.8. The van der Waals surface area contributed by atoms with Crippen molar-refractivity contribution in [3.63, 3.8) is 0 Å². The van der Waals surface area contributed by atoms with Crippen LogP contribution in [0.5, 0.6) is 0 Å². The molecule has 6 heteroatoms. The van der Waals surface area contributed by atoms with E-state index in [-0.39, 0.29) is 12.3 Å². The van der Waals surface area contributed by atoms with Gasteiger partial charge in [-0.3, -0.25) is 4.79 Å². The summed E-state index contributed by atoms with van der Waals surface area (Å²) >= 11 is 1.58. The molecule has 0 spiro atoms. The number of benzene rings is 1. The largest absolute Gasteiger partial charge is 0.480 e. The van der Waals surface area contributed by atoms with Crippen LogP contribution in [0.15, 0.2) is 35.7 Å². The van der Waals surface area contributed by atoms with Gasteiger partial charge in [-0.1, -0.05) is 30.3 Å². The van der Waals surface area contributed by atoms with Crippen molar-refractivity contribution in [1.29, 1.82) is 0 Å². The zero-order valence-electron chi connectivity index (χ0n) is 13.0. The van der Waals surface area contributed by atoms with Crippen LogP contribution in [0.25, 0.3) is 0 Å². The maximum absolute atomic E-state index is 12.0. The molecule has 2 aromatic rings. The van der Waals surface area contributed by atoms with Gasteiger partial charge in [-0.25, -0.2) is 9.78 Å². The van der Waals surface area contributed by atoms with Crippen LogP contribution in [0.2, 0.25) is 0 Å². The minimum absolute atomic E-state index is 0.235. The van der Waals surface area contributed by atoms with E-state index in [0.29, 0.717) is 12.8 Å². The van der Waals surface area contributed by atoms with E-state index >= 15 is 0 Å². The van der Waals surface area contributed by atoms with E-state index in [1.165, 1.54) is 0 Å². The van der Waals surface area contributed by atoms with Crippen molar-refractivity contribution in [3.05, 3.63) is 52.0 Å². The fourth-order valence-corrected chi connectivity index (χ4v) is 3.05. The Hall–Kier alpha value is -2.21. The van der Waals surface area contributed by atoms with Gasteiger partial charge in [0.15, 0.2) is 0 Å². The van der Waals surface area contributed by atoms with E-state index in [1.807, 2.05) is 42.6 Å². The maximum Gasteiger partial charge on any atom is 0.326 e. The third-order valence-electron chi connectivity index (χ3n) is 3.38. The molecule has 0 saturated heterocycles. The van der Waals surface area contributed by atoms with Crippen LogP contribution in [0.1, 0.15) is 29.1 Å². The molecule has 1 atom stereocenters. The molecule has 1 aromatic heterocycles. The first-order chi connectivity index (χ1) is 11.0. The second-order valence-electron chi connectivity index (χ2n) is 5.38. The van der Waals surface area contributed by atoms with Crippen molar-refractivity contribution < 1.29 is 14.7 Å². The molecule has 0 bridgehead atoms. The van der Waals surface area contributed by atoms with Crippen LogP contribution < -0.4 is 5.32 Å². The van der Waals surface area contributed by atoms with Crippen LogP contribution >= 0.6 is 11.3 Å². The van der Waals surface area contributed by atoms with Crippen molar-refractivity contribution in [3.8, 4) is 0 Å². The Morgan fingerprint density at radius 3 is 2.65 bits per heavy atom. The fraction of sp³-hybridized carbons (Fsp3) is 0.353. The molecule has 1 heterocycles. The summed E-state index contributed by atoms with van der Waals surface area (Å²) in [5.74, 6) is -1.25. The number of carboxylic acid groups (broad SMARTS) is 1. The molecule has 122 valence electrons. The summed E-state index contributed by atoms with van der Waals surface area (Å²) in [4.78, 5) is 27.6. The highest BCUT2D eigenvalue weighted by Crippen LogP contribution is 2.12. The molecule has 0 unspecified atom stereocenters. The molecule has 1 amide bonds. The predicted octanol–water partition coefficient (Wildman–Crippen LogP) is 2.59. The Kier molecular flexibility index (Phi) is 6.29. The summed E-state index contributed by atoms with van der Waals surface area (Å²) in [6.07, 6.45) is 1.99. The van der Waals surface area contributed by atoms with Gasteiger partial charge in [0.25, 0.3) is 0 Å². The van der Waals surface area contributed by atoms with Gasteiger partial charge in [-0.05, 0) is 25.3 Å². The van der Waals surface area contributed by atoms with Crippen molar-refractivity contribution in [2.45, 2.75) is 38.6 Å². The summed E-state index contributed by atoms with van der Waals surface area (Å²) in [5.41, 5.74) is 1.88. The number of rotatable bonds is 8. The first kappa shape index (κ1) is 17.1. The number of aliphatic carboxylic acids is 1. The van der Waals surface area contributed by atoms with Crippen LogP contribution in [0.3, 0.4) is 0 Å². The number of hydrogen-bond acceptors (Lipinski definition) is 4. The lowest BCUT2D eigenvalue weighted by Crippen LogP contribution is -2.42. The number of carbonyl (C=O) groups excluding carboxylic acids is 1. The average molecular weight is 332 g/mol. The molecule has 5 nitrogen and oxygen atoms in total. The molecule has 1 aromatic carbocycles. The Balaban J connectivity index is 1.79. The number of nitrogens with zero attached hydrogens (tertiary/aromatic N) is 1. The molecule has 0 aliphatic rings. The van der Waals surface area contributed by atoms with E-state index in [0.717, 1.165) is 22.7 Å². The normalized spacial score (nSPS) is 11.9. The quantitative estimate of drug-likeness (QED) is 0.779. The van der Waals surface area contributed by atoms with Gasteiger partial charge in [-0.2, -0.15) is 0 Å². The lowest BCUT2D eigenvalue weighted by molar-refractivity contribution is -0.141. The average Bonchev–Trinajstić information content (AvgIpc) is 2.93. The van der Waals surface area contributed by atoms with Crippen molar-refractivity contribution in [1.82, 2.24) is 10.3 Å². The number of carbonyl (C=O) groups is 2. The molecule has 2 N–H and O–H groups in total. The first-order valence-electron chi connectivity index (χ1n) is 7.51. The first-order valence-corrected chi connectivity index (χ1v) is 8.39. The molecule has 2 rings (SSSR count). The second-order valence-corrected chi connectivity index (χ2v) is 6.33. The summed E-state index contributed by atoms with van der Waals surface area (Å²) < 4.78 is 0. The van der Waals surface area contributed by atoms with Gasteiger partial charge in [0, 0.05) is 23.9 Å². The maximum atomic E-state index is 12.0. The molecule has 0 radical (unpaired) electrons. The molecule has 0 aliphatic heterocycles. The highest BCUT2D eigenvalue weighted by Gasteiger charge is 2.20. The molecule has 0 aliphatic carbocycles. The van der Waals surface area contributed by atoms with E-state index in [2.05, 4.69) is 10.3 Å². The lowest BCUT2D eigenvalue weighted by Gasteiger charge is -2.14. The minimum Gasteiger partial charge on any atom is -0.480 e. The molecule has 23 heavy (non-hydrogen) atoms. The number of hydrogen-bond donors (Lipinski definition) is 2. The van der Waals surface area contributed by atoms with Crippen molar-refractivity contribution >= 4 is 23.2 Å².